The minimum atomic E-state index is -0.378. The number of pyridine rings is 2. The molecule has 0 bridgehead atoms. The Morgan fingerprint density at radius 1 is 1.17 bits per heavy atom. The van der Waals surface area contributed by atoms with Crippen molar-refractivity contribution in [1.29, 1.82) is 0 Å². The molecule has 5 nitrogen and oxygen atoms in total. The lowest BCUT2D eigenvalue weighted by molar-refractivity contribution is 0.0929. The summed E-state index contributed by atoms with van der Waals surface area (Å²) in [6.07, 6.45) is 4.94. The number of rotatable bonds is 2. The summed E-state index contributed by atoms with van der Waals surface area (Å²) in [6.45, 7) is 0. The highest BCUT2D eigenvalue weighted by Gasteiger charge is 2.25. The zero-order valence-electron chi connectivity index (χ0n) is 12.4. The van der Waals surface area contributed by atoms with Crippen LogP contribution in [0.1, 0.15) is 34.1 Å². The van der Waals surface area contributed by atoms with E-state index in [2.05, 4.69) is 21.4 Å². The third kappa shape index (κ3) is 2.30. The highest BCUT2D eigenvalue weighted by molar-refractivity contribution is 6.00. The van der Waals surface area contributed by atoms with E-state index in [1.807, 2.05) is 18.2 Å². The van der Waals surface area contributed by atoms with Crippen LogP contribution in [0.25, 0.3) is 10.9 Å². The Kier molecular flexibility index (Phi) is 3.19. The summed E-state index contributed by atoms with van der Waals surface area (Å²) < 4.78 is 0. The highest BCUT2D eigenvalue weighted by Crippen LogP contribution is 2.31. The second kappa shape index (κ2) is 5.35. The molecule has 1 atom stereocenters. The molecule has 1 aromatic carbocycles. The Morgan fingerprint density at radius 3 is 2.96 bits per heavy atom. The van der Waals surface area contributed by atoms with E-state index < -0.39 is 0 Å². The average molecular weight is 305 g/mol. The van der Waals surface area contributed by atoms with Crippen LogP contribution in [0.3, 0.4) is 0 Å². The summed E-state index contributed by atoms with van der Waals surface area (Å²) in [6, 6.07) is 11.6. The summed E-state index contributed by atoms with van der Waals surface area (Å²) >= 11 is 0. The van der Waals surface area contributed by atoms with Gasteiger partial charge in [0.25, 0.3) is 5.91 Å². The summed E-state index contributed by atoms with van der Waals surface area (Å²) in [7, 11) is 0. The lowest BCUT2D eigenvalue weighted by Gasteiger charge is -2.14. The zero-order chi connectivity index (χ0) is 15.8. The molecule has 23 heavy (non-hydrogen) atoms. The van der Waals surface area contributed by atoms with Gasteiger partial charge >= 0.3 is 0 Å². The topological polar surface area (TPSA) is 75.1 Å². The third-order valence-electron chi connectivity index (χ3n) is 4.27. The number of aryl methyl sites for hydroxylation is 1. The molecule has 3 aromatic rings. The van der Waals surface area contributed by atoms with Gasteiger partial charge in [-0.05, 0) is 36.1 Å². The monoisotopic (exact) mass is 305 g/mol. The first kappa shape index (κ1) is 13.7. The van der Waals surface area contributed by atoms with Gasteiger partial charge in [-0.3, -0.25) is 9.78 Å². The SMILES string of the molecule is O=C(N[C@H]1CCc2ccccc21)c1ncc2cccnc2c1O. The molecule has 1 aliphatic carbocycles. The van der Waals surface area contributed by atoms with Crippen molar-refractivity contribution in [1.82, 2.24) is 15.3 Å². The van der Waals surface area contributed by atoms with Crippen molar-refractivity contribution in [3.8, 4) is 5.75 Å². The van der Waals surface area contributed by atoms with E-state index in [1.54, 1.807) is 24.5 Å². The molecule has 5 heteroatoms. The maximum absolute atomic E-state index is 12.5. The van der Waals surface area contributed by atoms with Gasteiger partial charge in [-0.15, -0.1) is 0 Å². The van der Waals surface area contributed by atoms with Gasteiger partial charge in [-0.2, -0.15) is 0 Å². The number of amides is 1. The third-order valence-corrected chi connectivity index (χ3v) is 4.27. The van der Waals surface area contributed by atoms with Crippen LogP contribution in [0.5, 0.6) is 5.75 Å². The molecule has 1 amide bonds. The fourth-order valence-corrected chi connectivity index (χ4v) is 3.13. The Labute approximate surface area is 133 Å². The standard InChI is InChI=1S/C18H15N3O2/c22-17-15-12(5-3-9-19-15)10-20-16(17)18(23)21-14-8-7-11-4-1-2-6-13(11)14/h1-6,9-10,14,22H,7-8H2,(H,21,23)/t14-/m0/s1. The molecule has 1 aliphatic rings. The Balaban J connectivity index is 1.64. The van der Waals surface area contributed by atoms with Gasteiger partial charge in [0.2, 0.25) is 0 Å². The minimum Gasteiger partial charge on any atom is -0.504 e. The smallest absolute Gasteiger partial charge is 0.274 e. The Morgan fingerprint density at radius 2 is 2.04 bits per heavy atom. The van der Waals surface area contributed by atoms with Gasteiger partial charge in [0, 0.05) is 17.8 Å². The molecular weight excluding hydrogens is 290 g/mol. The molecule has 114 valence electrons. The van der Waals surface area contributed by atoms with Crippen LogP contribution in [0.2, 0.25) is 0 Å². The van der Waals surface area contributed by atoms with Crippen molar-refractivity contribution in [2.24, 2.45) is 0 Å². The first-order valence-corrected chi connectivity index (χ1v) is 7.55. The number of aromatic hydroxyl groups is 1. The summed E-state index contributed by atoms with van der Waals surface area (Å²) in [5.41, 5.74) is 2.80. The molecule has 2 N–H and O–H groups in total. The molecule has 2 heterocycles. The van der Waals surface area contributed by atoms with Crippen LogP contribution in [0.4, 0.5) is 0 Å². The molecule has 0 spiro atoms. The first-order valence-electron chi connectivity index (χ1n) is 7.55. The molecule has 0 unspecified atom stereocenters. The predicted molar refractivity (Wildman–Crippen MR) is 86.2 cm³/mol. The number of carbonyl (C=O) groups is 1. The molecule has 0 radical (unpaired) electrons. The van der Waals surface area contributed by atoms with Crippen molar-refractivity contribution in [3.63, 3.8) is 0 Å². The average Bonchev–Trinajstić information content (AvgIpc) is 2.98. The van der Waals surface area contributed by atoms with Crippen molar-refractivity contribution in [2.75, 3.05) is 0 Å². The van der Waals surface area contributed by atoms with E-state index in [-0.39, 0.29) is 23.4 Å². The van der Waals surface area contributed by atoms with Crippen LogP contribution >= 0.6 is 0 Å². The number of fused-ring (bicyclic) bond motifs is 2. The fourth-order valence-electron chi connectivity index (χ4n) is 3.13. The zero-order valence-corrected chi connectivity index (χ0v) is 12.4. The van der Waals surface area contributed by atoms with Crippen molar-refractivity contribution in [2.45, 2.75) is 18.9 Å². The van der Waals surface area contributed by atoms with Crippen LogP contribution in [-0.4, -0.2) is 21.0 Å². The van der Waals surface area contributed by atoms with Crippen LogP contribution in [-0.2, 0) is 6.42 Å². The number of benzene rings is 1. The van der Waals surface area contributed by atoms with Crippen molar-refractivity contribution < 1.29 is 9.90 Å². The van der Waals surface area contributed by atoms with E-state index in [1.165, 1.54) is 5.56 Å². The maximum Gasteiger partial charge on any atom is 0.274 e. The van der Waals surface area contributed by atoms with Gasteiger partial charge in [0.05, 0.1) is 6.04 Å². The lowest BCUT2D eigenvalue weighted by atomic mass is 10.1. The fraction of sp³-hybridized carbons (Fsp3) is 0.167. The summed E-state index contributed by atoms with van der Waals surface area (Å²) in [5.74, 6) is -0.552. The summed E-state index contributed by atoms with van der Waals surface area (Å²) in [4.78, 5) is 20.7. The quantitative estimate of drug-likeness (QED) is 0.763. The molecule has 0 saturated heterocycles. The van der Waals surface area contributed by atoms with Crippen LogP contribution < -0.4 is 5.32 Å². The molecular formula is C18H15N3O2. The molecule has 4 rings (SSSR count). The number of nitrogens with zero attached hydrogens (tertiary/aromatic N) is 2. The van der Waals surface area contributed by atoms with E-state index in [0.29, 0.717) is 10.9 Å². The molecule has 0 aliphatic heterocycles. The van der Waals surface area contributed by atoms with Crippen molar-refractivity contribution in [3.05, 3.63) is 65.6 Å². The van der Waals surface area contributed by atoms with E-state index in [0.717, 1.165) is 18.4 Å². The van der Waals surface area contributed by atoms with Crippen LogP contribution in [0, 0.1) is 0 Å². The lowest BCUT2D eigenvalue weighted by Crippen LogP contribution is -2.28. The molecule has 0 fully saturated rings. The van der Waals surface area contributed by atoms with Gasteiger partial charge in [0.15, 0.2) is 11.4 Å². The van der Waals surface area contributed by atoms with E-state index in [9.17, 15) is 9.90 Å². The van der Waals surface area contributed by atoms with Crippen molar-refractivity contribution >= 4 is 16.8 Å². The number of hydrogen-bond acceptors (Lipinski definition) is 4. The van der Waals surface area contributed by atoms with E-state index >= 15 is 0 Å². The normalized spacial score (nSPS) is 16.3. The molecule has 0 saturated carbocycles. The maximum atomic E-state index is 12.5. The van der Waals surface area contributed by atoms with Gasteiger partial charge in [-0.1, -0.05) is 24.3 Å². The first-order chi connectivity index (χ1) is 11.2. The number of nitrogens with one attached hydrogen (secondary N) is 1. The second-order valence-corrected chi connectivity index (χ2v) is 5.66. The van der Waals surface area contributed by atoms with Gasteiger partial charge < -0.3 is 10.4 Å². The van der Waals surface area contributed by atoms with Gasteiger partial charge in [0.1, 0.15) is 5.52 Å². The number of hydrogen-bond donors (Lipinski definition) is 2. The van der Waals surface area contributed by atoms with Gasteiger partial charge in [-0.25, -0.2) is 4.98 Å². The Bertz CT molecular complexity index is 908. The molecule has 2 aromatic heterocycles. The highest BCUT2D eigenvalue weighted by atomic mass is 16.3. The minimum absolute atomic E-state index is 0.0144. The largest absolute Gasteiger partial charge is 0.504 e. The number of carbonyl (C=O) groups excluding carboxylic acids is 1. The van der Waals surface area contributed by atoms with Crippen LogP contribution in [0.15, 0.2) is 48.8 Å². The predicted octanol–water partition coefficient (Wildman–Crippen LogP) is 2.75. The second-order valence-electron chi connectivity index (χ2n) is 5.66. The summed E-state index contributed by atoms with van der Waals surface area (Å²) in [5, 5.41) is 14.0. The Hall–Kier alpha value is -2.95. The van der Waals surface area contributed by atoms with E-state index in [4.69, 9.17) is 0 Å². The number of aromatic nitrogens is 2.